The number of hydrogen-bond donors (Lipinski definition) is 0. The third-order valence-electron chi connectivity index (χ3n) is 4.06. The minimum Gasteiger partial charge on any atom is -0.465 e. The van der Waals surface area contributed by atoms with Gasteiger partial charge in [-0.15, -0.1) is 0 Å². The maximum absolute atomic E-state index is 14.3. The summed E-state index contributed by atoms with van der Waals surface area (Å²) in [5, 5.41) is 0. The first-order chi connectivity index (χ1) is 12.6. The summed E-state index contributed by atoms with van der Waals surface area (Å²) >= 11 is 0. The summed E-state index contributed by atoms with van der Waals surface area (Å²) in [4.78, 5) is 16.5. The molecule has 0 saturated heterocycles. The van der Waals surface area contributed by atoms with Gasteiger partial charge < -0.3 is 4.74 Å². The molecule has 130 valence electrons. The average molecular weight is 347 g/mol. The Morgan fingerprint density at radius 3 is 1.92 bits per heavy atom. The number of carbonyl (C=O) groups excluding carboxylic acids is 1. The number of esters is 1. The van der Waals surface area contributed by atoms with E-state index in [2.05, 4.69) is 0 Å². The lowest BCUT2D eigenvalue weighted by Crippen LogP contribution is -2.05. The number of hydrogen-bond acceptors (Lipinski definition) is 3. The van der Waals surface area contributed by atoms with Gasteiger partial charge in [-0.1, -0.05) is 60.7 Å². The molecule has 0 unspecified atom stereocenters. The van der Waals surface area contributed by atoms with Crippen LogP contribution in [0.25, 0.3) is 0 Å². The normalized spacial score (nSPS) is 10.3. The van der Waals surface area contributed by atoms with Crippen molar-refractivity contribution in [3.05, 3.63) is 101 Å². The second-order valence-electron chi connectivity index (χ2n) is 5.79. The highest BCUT2D eigenvalue weighted by atomic mass is 19.1. The largest absolute Gasteiger partial charge is 0.465 e. The van der Waals surface area contributed by atoms with Gasteiger partial charge in [0.05, 0.1) is 24.1 Å². The Hall–Kier alpha value is -3.27. The molecule has 4 heteroatoms. The molecule has 0 N–H and O–H groups in total. The second kappa shape index (κ2) is 7.74. The van der Waals surface area contributed by atoms with Crippen molar-refractivity contribution in [1.29, 1.82) is 0 Å². The van der Waals surface area contributed by atoms with Crippen LogP contribution >= 0.6 is 0 Å². The molecule has 0 aliphatic carbocycles. The minimum absolute atomic E-state index is 0.134. The summed E-state index contributed by atoms with van der Waals surface area (Å²) in [7, 11) is 1.27. The van der Waals surface area contributed by atoms with Crippen LogP contribution in [0.4, 0.5) is 10.1 Å². The van der Waals surface area contributed by atoms with Gasteiger partial charge in [0.25, 0.3) is 0 Å². The maximum atomic E-state index is 14.3. The van der Waals surface area contributed by atoms with E-state index < -0.39 is 11.8 Å². The van der Waals surface area contributed by atoms with Gasteiger partial charge >= 0.3 is 5.97 Å². The van der Waals surface area contributed by atoms with Gasteiger partial charge in [-0.05, 0) is 19.1 Å². The third kappa shape index (κ3) is 3.70. The zero-order valence-electron chi connectivity index (χ0n) is 14.6. The lowest BCUT2D eigenvalue weighted by molar-refractivity contribution is 0.0600. The van der Waals surface area contributed by atoms with Crippen LogP contribution in [-0.2, 0) is 4.74 Å². The van der Waals surface area contributed by atoms with Crippen molar-refractivity contribution in [2.75, 3.05) is 7.11 Å². The molecule has 0 aromatic heterocycles. The highest BCUT2D eigenvalue weighted by Gasteiger charge is 2.14. The summed E-state index contributed by atoms with van der Waals surface area (Å²) in [5.74, 6) is -1.09. The van der Waals surface area contributed by atoms with Crippen LogP contribution in [0.15, 0.2) is 77.8 Å². The molecule has 0 fully saturated rings. The van der Waals surface area contributed by atoms with Crippen LogP contribution in [0, 0.1) is 12.7 Å². The van der Waals surface area contributed by atoms with Crippen molar-refractivity contribution < 1.29 is 13.9 Å². The Labute approximate surface area is 151 Å². The molecule has 0 aliphatic rings. The van der Waals surface area contributed by atoms with E-state index in [4.69, 9.17) is 9.73 Å². The number of halogens is 1. The Morgan fingerprint density at radius 2 is 1.42 bits per heavy atom. The quantitative estimate of drug-likeness (QED) is 0.487. The van der Waals surface area contributed by atoms with Crippen LogP contribution in [0.3, 0.4) is 0 Å². The fourth-order valence-corrected chi connectivity index (χ4v) is 2.62. The molecule has 0 aliphatic heterocycles. The van der Waals surface area contributed by atoms with Gasteiger partial charge in [0.1, 0.15) is 5.82 Å². The Balaban J connectivity index is 2.21. The van der Waals surface area contributed by atoms with Crippen molar-refractivity contribution in [3.63, 3.8) is 0 Å². The molecule has 0 amide bonds. The molecule has 3 aromatic carbocycles. The fraction of sp³-hybridized carbons (Fsp3) is 0.0909. The number of methoxy groups -OCH3 is 1. The predicted molar refractivity (Wildman–Crippen MR) is 101 cm³/mol. The first-order valence-corrected chi connectivity index (χ1v) is 8.18. The Kier molecular flexibility index (Phi) is 5.23. The standard InChI is InChI=1S/C22H18FNO2/c1-15-19(23)13-18(22(25)26-2)14-20(15)24-21(16-9-5-3-6-10-16)17-11-7-4-8-12-17/h3-14H,1-2H3. The van der Waals surface area contributed by atoms with E-state index in [-0.39, 0.29) is 5.56 Å². The second-order valence-corrected chi connectivity index (χ2v) is 5.79. The fourth-order valence-electron chi connectivity index (χ4n) is 2.62. The summed E-state index contributed by atoms with van der Waals surface area (Å²) in [6, 6.07) is 22.0. The molecule has 3 aromatic rings. The highest BCUT2D eigenvalue weighted by molar-refractivity contribution is 6.14. The predicted octanol–water partition coefficient (Wildman–Crippen LogP) is 5.09. The van der Waals surface area contributed by atoms with E-state index in [1.54, 1.807) is 13.0 Å². The van der Waals surface area contributed by atoms with Gasteiger partial charge in [-0.2, -0.15) is 0 Å². The highest BCUT2D eigenvalue weighted by Crippen LogP contribution is 2.26. The van der Waals surface area contributed by atoms with E-state index in [0.717, 1.165) is 11.1 Å². The van der Waals surface area contributed by atoms with Gasteiger partial charge in [0.2, 0.25) is 0 Å². The summed E-state index contributed by atoms with van der Waals surface area (Å²) in [6.07, 6.45) is 0. The molecular formula is C22H18FNO2. The molecule has 0 radical (unpaired) electrons. The van der Waals surface area contributed by atoms with Gasteiger partial charge in [-0.3, -0.25) is 0 Å². The van der Waals surface area contributed by atoms with Crippen molar-refractivity contribution >= 4 is 17.4 Å². The molecule has 0 heterocycles. The van der Waals surface area contributed by atoms with Crippen LogP contribution < -0.4 is 0 Å². The van der Waals surface area contributed by atoms with Gasteiger partial charge in [0, 0.05) is 16.7 Å². The monoisotopic (exact) mass is 347 g/mol. The third-order valence-corrected chi connectivity index (χ3v) is 4.06. The molecule has 0 spiro atoms. The van der Waals surface area contributed by atoms with Crippen LogP contribution in [0.1, 0.15) is 27.0 Å². The average Bonchev–Trinajstić information content (AvgIpc) is 2.69. The number of ether oxygens (including phenoxy) is 1. The smallest absolute Gasteiger partial charge is 0.338 e. The molecule has 3 nitrogen and oxygen atoms in total. The number of benzene rings is 3. The summed E-state index contributed by atoms with van der Waals surface area (Å²) in [5.41, 5.74) is 3.42. The van der Waals surface area contributed by atoms with Gasteiger partial charge in [0.15, 0.2) is 0 Å². The molecule has 3 rings (SSSR count). The lowest BCUT2D eigenvalue weighted by atomic mass is 10.0. The molecule has 0 saturated carbocycles. The topological polar surface area (TPSA) is 38.7 Å². The molecule has 0 bridgehead atoms. The van der Waals surface area contributed by atoms with Crippen molar-refractivity contribution in [2.24, 2.45) is 4.99 Å². The van der Waals surface area contributed by atoms with Gasteiger partial charge in [-0.25, -0.2) is 14.2 Å². The molecule has 26 heavy (non-hydrogen) atoms. The van der Waals surface area contributed by atoms with E-state index in [9.17, 15) is 9.18 Å². The molecular weight excluding hydrogens is 329 g/mol. The van der Waals surface area contributed by atoms with E-state index in [1.807, 2.05) is 60.7 Å². The Bertz CT molecular complexity index is 909. The van der Waals surface area contributed by atoms with Crippen LogP contribution in [0.5, 0.6) is 0 Å². The number of aliphatic imine (C=N–C) groups is 1. The lowest BCUT2D eigenvalue weighted by Gasteiger charge is -2.10. The zero-order valence-corrected chi connectivity index (χ0v) is 14.6. The first kappa shape index (κ1) is 17.5. The number of carbonyl (C=O) groups is 1. The molecule has 0 atom stereocenters. The van der Waals surface area contributed by atoms with Crippen molar-refractivity contribution in [2.45, 2.75) is 6.92 Å². The minimum atomic E-state index is -0.596. The van der Waals surface area contributed by atoms with Crippen LogP contribution in [0.2, 0.25) is 0 Å². The number of nitrogens with zero attached hydrogens (tertiary/aromatic N) is 1. The summed E-state index contributed by atoms with van der Waals surface area (Å²) < 4.78 is 19.0. The van der Waals surface area contributed by atoms with Crippen molar-refractivity contribution in [1.82, 2.24) is 0 Å². The van der Waals surface area contributed by atoms with Crippen LogP contribution in [-0.4, -0.2) is 18.8 Å². The van der Waals surface area contributed by atoms with E-state index in [1.165, 1.54) is 13.2 Å². The van der Waals surface area contributed by atoms with E-state index in [0.29, 0.717) is 17.0 Å². The van der Waals surface area contributed by atoms with E-state index >= 15 is 0 Å². The Morgan fingerprint density at radius 1 is 0.885 bits per heavy atom. The summed E-state index contributed by atoms with van der Waals surface area (Å²) in [6.45, 7) is 1.64. The zero-order chi connectivity index (χ0) is 18.5. The number of rotatable bonds is 4. The maximum Gasteiger partial charge on any atom is 0.338 e. The first-order valence-electron chi connectivity index (χ1n) is 8.18. The van der Waals surface area contributed by atoms with Crippen molar-refractivity contribution in [3.8, 4) is 0 Å². The SMILES string of the molecule is COC(=O)c1cc(F)c(C)c(N=C(c2ccccc2)c2ccccc2)c1.